The summed E-state index contributed by atoms with van der Waals surface area (Å²) in [6, 6.07) is 4.59. The number of esters is 1. The molecule has 0 spiro atoms. The van der Waals surface area contributed by atoms with Crippen LogP contribution in [0.5, 0.6) is 0 Å². The van der Waals surface area contributed by atoms with Crippen LogP contribution in [0.4, 0.5) is 0 Å². The fourth-order valence-corrected chi connectivity index (χ4v) is 4.47. The molecule has 4 rings (SSSR count). The standard InChI is InChI=1S/C19H26N2O4/c1-12(16-6-7-17(25-16)19(23)24-2)20-10-9-15-13(11-20)3-8-18(22)21(15)14-4-5-14/h6-7,12-15H,3-5,8-11H2,1-2H3/t12-,13-,15-/m0/s1. The number of methoxy groups -OCH3 is 1. The highest BCUT2D eigenvalue weighted by Crippen LogP contribution is 2.40. The fourth-order valence-electron chi connectivity index (χ4n) is 4.47. The van der Waals surface area contributed by atoms with Crippen molar-refractivity contribution in [2.75, 3.05) is 20.2 Å². The third-order valence-corrected chi connectivity index (χ3v) is 6.01. The molecule has 25 heavy (non-hydrogen) atoms. The molecule has 0 radical (unpaired) electrons. The van der Waals surface area contributed by atoms with Crippen LogP contribution in [0.2, 0.25) is 0 Å². The molecule has 2 aliphatic heterocycles. The van der Waals surface area contributed by atoms with Crippen molar-refractivity contribution in [1.82, 2.24) is 9.80 Å². The topological polar surface area (TPSA) is 63.0 Å². The van der Waals surface area contributed by atoms with Crippen molar-refractivity contribution in [2.24, 2.45) is 5.92 Å². The van der Waals surface area contributed by atoms with Gasteiger partial charge in [-0.3, -0.25) is 9.69 Å². The van der Waals surface area contributed by atoms with Crippen LogP contribution in [0, 0.1) is 5.92 Å². The van der Waals surface area contributed by atoms with E-state index >= 15 is 0 Å². The molecule has 6 nitrogen and oxygen atoms in total. The van der Waals surface area contributed by atoms with E-state index in [1.165, 1.54) is 20.0 Å². The van der Waals surface area contributed by atoms with Gasteiger partial charge in [0, 0.05) is 31.6 Å². The predicted molar refractivity (Wildman–Crippen MR) is 91.0 cm³/mol. The van der Waals surface area contributed by atoms with E-state index in [9.17, 15) is 9.59 Å². The molecule has 1 aromatic rings. The number of hydrogen-bond acceptors (Lipinski definition) is 5. The van der Waals surface area contributed by atoms with E-state index in [0.29, 0.717) is 30.3 Å². The van der Waals surface area contributed by atoms with Gasteiger partial charge in [-0.2, -0.15) is 0 Å². The predicted octanol–water partition coefficient (Wildman–Crippen LogP) is 2.60. The Balaban J connectivity index is 1.44. The van der Waals surface area contributed by atoms with E-state index in [1.54, 1.807) is 6.07 Å². The van der Waals surface area contributed by atoms with Crippen LogP contribution in [0.3, 0.4) is 0 Å². The molecule has 3 heterocycles. The summed E-state index contributed by atoms with van der Waals surface area (Å²) in [6.07, 6.45) is 5.06. The minimum Gasteiger partial charge on any atom is -0.463 e. The normalized spacial score (nSPS) is 28.6. The van der Waals surface area contributed by atoms with Crippen LogP contribution in [0.25, 0.3) is 0 Å². The van der Waals surface area contributed by atoms with E-state index in [2.05, 4.69) is 16.7 Å². The van der Waals surface area contributed by atoms with E-state index in [-0.39, 0.29) is 11.8 Å². The molecule has 1 saturated carbocycles. The number of nitrogens with zero attached hydrogens (tertiary/aromatic N) is 2. The maximum Gasteiger partial charge on any atom is 0.373 e. The van der Waals surface area contributed by atoms with E-state index in [4.69, 9.17) is 9.15 Å². The van der Waals surface area contributed by atoms with Crippen LogP contribution in [-0.4, -0.2) is 54.0 Å². The van der Waals surface area contributed by atoms with Crippen LogP contribution in [-0.2, 0) is 9.53 Å². The molecular weight excluding hydrogens is 320 g/mol. The molecule has 1 aromatic heterocycles. The lowest BCUT2D eigenvalue weighted by Gasteiger charge is -2.48. The zero-order valence-corrected chi connectivity index (χ0v) is 14.9. The zero-order valence-electron chi connectivity index (χ0n) is 14.9. The van der Waals surface area contributed by atoms with Crippen molar-refractivity contribution >= 4 is 11.9 Å². The first-order valence-electron chi connectivity index (χ1n) is 9.31. The second kappa shape index (κ2) is 6.48. The van der Waals surface area contributed by atoms with Crippen molar-refractivity contribution in [1.29, 1.82) is 0 Å². The van der Waals surface area contributed by atoms with Crippen molar-refractivity contribution < 1.29 is 18.7 Å². The summed E-state index contributed by atoms with van der Waals surface area (Å²) in [5.74, 6) is 1.51. The minimum absolute atomic E-state index is 0.117. The lowest BCUT2D eigenvalue weighted by molar-refractivity contribution is -0.142. The van der Waals surface area contributed by atoms with E-state index in [1.807, 2.05) is 6.07 Å². The highest BCUT2D eigenvalue weighted by Gasteiger charge is 2.45. The molecule has 136 valence electrons. The Morgan fingerprint density at radius 2 is 2.08 bits per heavy atom. The zero-order chi connectivity index (χ0) is 17.6. The smallest absolute Gasteiger partial charge is 0.373 e. The summed E-state index contributed by atoms with van der Waals surface area (Å²) in [6.45, 7) is 4.05. The van der Waals surface area contributed by atoms with Crippen molar-refractivity contribution in [2.45, 2.75) is 57.2 Å². The SMILES string of the molecule is COC(=O)c1ccc([C@H](C)N2CC[C@H]3[C@@H](CCC(=O)N3C3CC3)C2)o1. The number of rotatable bonds is 4. The number of carbonyl (C=O) groups excluding carboxylic acids is 2. The van der Waals surface area contributed by atoms with Crippen LogP contribution in [0.15, 0.2) is 16.5 Å². The van der Waals surface area contributed by atoms with Gasteiger partial charge in [-0.25, -0.2) is 4.79 Å². The monoisotopic (exact) mass is 346 g/mol. The first-order chi connectivity index (χ1) is 12.1. The first-order valence-corrected chi connectivity index (χ1v) is 9.31. The minimum atomic E-state index is -0.442. The fraction of sp³-hybridized carbons (Fsp3) is 0.684. The number of amides is 1. The average molecular weight is 346 g/mol. The first kappa shape index (κ1) is 16.6. The average Bonchev–Trinajstić information content (AvgIpc) is 3.34. The molecule has 3 atom stereocenters. The van der Waals surface area contributed by atoms with Gasteiger partial charge in [0.2, 0.25) is 11.7 Å². The maximum absolute atomic E-state index is 12.3. The van der Waals surface area contributed by atoms with E-state index in [0.717, 1.165) is 31.7 Å². The molecule has 0 aromatic carbocycles. The van der Waals surface area contributed by atoms with Gasteiger partial charge >= 0.3 is 5.97 Å². The molecule has 1 amide bonds. The summed E-state index contributed by atoms with van der Waals surface area (Å²) in [5.41, 5.74) is 0. The van der Waals surface area contributed by atoms with Crippen molar-refractivity contribution in [3.05, 3.63) is 23.7 Å². The number of hydrogen-bond donors (Lipinski definition) is 0. The lowest BCUT2D eigenvalue weighted by Crippen LogP contribution is -2.56. The van der Waals surface area contributed by atoms with Gasteiger partial charge < -0.3 is 14.1 Å². The highest BCUT2D eigenvalue weighted by atomic mass is 16.5. The Labute approximate surface area is 148 Å². The summed E-state index contributed by atoms with van der Waals surface area (Å²) in [5, 5.41) is 0. The number of carbonyl (C=O) groups is 2. The third kappa shape index (κ3) is 3.08. The van der Waals surface area contributed by atoms with Gasteiger partial charge in [0.1, 0.15) is 5.76 Å². The third-order valence-electron chi connectivity index (χ3n) is 6.01. The van der Waals surface area contributed by atoms with Gasteiger partial charge in [-0.15, -0.1) is 0 Å². The van der Waals surface area contributed by atoms with Crippen molar-refractivity contribution in [3.63, 3.8) is 0 Å². The molecule has 2 saturated heterocycles. The molecule has 1 aliphatic carbocycles. The summed E-state index contributed by atoms with van der Waals surface area (Å²) < 4.78 is 10.4. The number of ether oxygens (including phenoxy) is 1. The lowest BCUT2D eigenvalue weighted by atomic mass is 9.82. The Hall–Kier alpha value is -1.82. The van der Waals surface area contributed by atoms with Crippen LogP contribution >= 0.6 is 0 Å². The van der Waals surface area contributed by atoms with Crippen LogP contribution < -0.4 is 0 Å². The second-order valence-corrected chi connectivity index (χ2v) is 7.55. The van der Waals surface area contributed by atoms with Crippen LogP contribution in [0.1, 0.15) is 61.4 Å². The largest absolute Gasteiger partial charge is 0.463 e. The number of fused-ring (bicyclic) bond motifs is 1. The molecule has 0 N–H and O–H groups in total. The van der Waals surface area contributed by atoms with Gasteiger partial charge in [0.25, 0.3) is 0 Å². The summed E-state index contributed by atoms with van der Waals surface area (Å²) in [7, 11) is 1.36. The molecule has 0 unspecified atom stereocenters. The molecule has 3 aliphatic rings. The number of piperidine rings is 2. The maximum atomic E-state index is 12.3. The Bertz CT molecular complexity index is 666. The van der Waals surface area contributed by atoms with Gasteiger partial charge in [-0.05, 0) is 50.7 Å². The second-order valence-electron chi connectivity index (χ2n) is 7.55. The quantitative estimate of drug-likeness (QED) is 0.784. The van der Waals surface area contributed by atoms with Crippen molar-refractivity contribution in [3.8, 4) is 0 Å². The Morgan fingerprint density at radius 3 is 2.80 bits per heavy atom. The summed E-state index contributed by atoms with van der Waals surface area (Å²) >= 11 is 0. The molecular formula is C19H26N2O4. The Kier molecular flexibility index (Phi) is 4.31. The van der Waals surface area contributed by atoms with Gasteiger partial charge in [-0.1, -0.05) is 0 Å². The molecule has 0 bridgehead atoms. The van der Waals surface area contributed by atoms with E-state index < -0.39 is 5.97 Å². The summed E-state index contributed by atoms with van der Waals surface area (Å²) in [4.78, 5) is 28.5. The highest BCUT2D eigenvalue weighted by molar-refractivity contribution is 5.86. The molecule has 3 fully saturated rings. The number of furan rings is 1. The molecule has 6 heteroatoms. The van der Waals surface area contributed by atoms with Gasteiger partial charge in [0.05, 0.1) is 13.2 Å². The van der Waals surface area contributed by atoms with Gasteiger partial charge in [0.15, 0.2) is 0 Å². The number of likely N-dealkylation sites (tertiary alicyclic amines) is 2. The Morgan fingerprint density at radius 1 is 1.28 bits per heavy atom.